The highest BCUT2D eigenvalue weighted by Crippen LogP contribution is 2.38. The number of aliphatic imine (C=N–C) groups is 1. The van der Waals surface area contributed by atoms with Gasteiger partial charge in [-0.25, -0.2) is 4.99 Å². The summed E-state index contributed by atoms with van der Waals surface area (Å²) >= 11 is 0. The fraction of sp³-hybridized carbons (Fsp3) is 0.333. The van der Waals surface area contributed by atoms with Crippen LogP contribution in [0.1, 0.15) is 36.1 Å². The number of aryl methyl sites for hydroxylation is 1. The van der Waals surface area contributed by atoms with E-state index in [9.17, 15) is 13.6 Å². The van der Waals surface area contributed by atoms with Crippen LogP contribution in [0.5, 0.6) is 5.75 Å². The van der Waals surface area contributed by atoms with Crippen LogP contribution in [-0.2, 0) is 16.9 Å². The molecule has 7 heteroatoms. The Morgan fingerprint density at radius 1 is 1.21 bits per heavy atom. The molecule has 5 nitrogen and oxygen atoms in total. The normalized spacial score (nSPS) is 14.0. The van der Waals surface area contributed by atoms with E-state index in [-0.39, 0.29) is 17.4 Å². The number of ether oxygens (including phenoxy) is 1. The number of alkyl halides is 2. The van der Waals surface area contributed by atoms with E-state index >= 15 is 0 Å². The van der Waals surface area contributed by atoms with E-state index in [4.69, 9.17) is 5.73 Å². The van der Waals surface area contributed by atoms with Gasteiger partial charge in [-0.3, -0.25) is 4.79 Å². The molecule has 0 aliphatic heterocycles. The molecule has 0 amide bonds. The number of rotatable bonds is 8. The van der Waals surface area contributed by atoms with Gasteiger partial charge in [0.25, 0.3) is 0 Å². The van der Waals surface area contributed by atoms with Gasteiger partial charge in [0.1, 0.15) is 5.75 Å². The molecular weight excluding hydrogens is 364 g/mol. The highest BCUT2D eigenvalue weighted by molar-refractivity contribution is 5.95. The van der Waals surface area contributed by atoms with Crippen molar-refractivity contribution in [3.63, 3.8) is 0 Å². The maximum Gasteiger partial charge on any atom is 0.387 e. The minimum atomic E-state index is -2.93. The van der Waals surface area contributed by atoms with Crippen LogP contribution < -0.4 is 15.8 Å². The van der Waals surface area contributed by atoms with E-state index in [0.717, 1.165) is 5.56 Å². The molecule has 0 radical (unpaired) electrons. The van der Waals surface area contributed by atoms with Gasteiger partial charge in [-0.1, -0.05) is 30.3 Å². The van der Waals surface area contributed by atoms with Gasteiger partial charge < -0.3 is 15.8 Å². The number of ketones is 1. The van der Waals surface area contributed by atoms with Crippen molar-refractivity contribution in [2.75, 3.05) is 7.05 Å². The Hall–Kier alpha value is -2.80. The number of carbonyl (C=O) groups is 1. The first kappa shape index (κ1) is 21.5. The van der Waals surface area contributed by atoms with Crippen LogP contribution in [0, 0.1) is 6.92 Å². The monoisotopic (exact) mass is 389 g/mol. The predicted molar refractivity (Wildman–Crippen MR) is 106 cm³/mol. The van der Waals surface area contributed by atoms with Crippen LogP contribution in [0.4, 0.5) is 8.78 Å². The topological polar surface area (TPSA) is 76.7 Å². The highest BCUT2D eigenvalue weighted by atomic mass is 19.3. The molecule has 0 aromatic heterocycles. The van der Waals surface area contributed by atoms with E-state index in [1.807, 2.05) is 31.3 Å². The molecule has 28 heavy (non-hydrogen) atoms. The molecule has 0 heterocycles. The molecule has 0 spiro atoms. The molecule has 2 rings (SSSR count). The summed E-state index contributed by atoms with van der Waals surface area (Å²) in [5.74, 6) is 0.0502. The first-order chi connectivity index (χ1) is 13.2. The Morgan fingerprint density at radius 3 is 2.43 bits per heavy atom. The SMILES string of the molecule is CNCc1cccc(C(N=C(C)N)(C(C)=O)c2ccc(OC(F)F)c(C)c2)c1. The van der Waals surface area contributed by atoms with Gasteiger partial charge in [0.15, 0.2) is 11.3 Å². The van der Waals surface area contributed by atoms with Crippen molar-refractivity contribution in [2.45, 2.75) is 39.5 Å². The number of nitrogens with two attached hydrogens (primary N) is 1. The minimum Gasteiger partial charge on any atom is -0.435 e. The van der Waals surface area contributed by atoms with E-state index < -0.39 is 12.2 Å². The molecular formula is C21H25F2N3O2. The summed E-state index contributed by atoms with van der Waals surface area (Å²) in [7, 11) is 1.83. The number of halogens is 2. The first-order valence-corrected chi connectivity index (χ1v) is 8.83. The van der Waals surface area contributed by atoms with Crippen LogP contribution in [0.2, 0.25) is 0 Å². The van der Waals surface area contributed by atoms with E-state index in [1.54, 1.807) is 26.0 Å². The second-order valence-electron chi connectivity index (χ2n) is 6.61. The smallest absolute Gasteiger partial charge is 0.387 e. The van der Waals surface area contributed by atoms with Crippen molar-refractivity contribution in [2.24, 2.45) is 10.7 Å². The van der Waals surface area contributed by atoms with E-state index in [1.165, 1.54) is 13.0 Å². The van der Waals surface area contributed by atoms with Crippen molar-refractivity contribution < 1.29 is 18.3 Å². The number of amidine groups is 1. The zero-order valence-electron chi connectivity index (χ0n) is 16.4. The molecule has 2 aromatic carbocycles. The molecule has 0 saturated carbocycles. The first-order valence-electron chi connectivity index (χ1n) is 8.83. The molecule has 1 unspecified atom stereocenters. The summed E-state index contributed by atoms with van der Waals surface area (Å²) < 4.78 is 29.7. The van der Waals surface area contributed by atoms with Gasteiger partial charge in [-0.15, -0.1) is 0 Å². The minimum absolute atomic E-state index is 0.0496. The molecule has 0 fully saturated rings. The van der Waals surface area contributed by atoms with Gasteiger partial charge in [-0.2, -0.15) is 8.78 Å². The summed E-state index contributed by atoms with van der Waals surface area (Å²) in [6, 6.07) is 12.1. The summed E-state index contributed by atoms with van der Waals surface area (Å²) in [5, 5.41) is 3.07. The second-order valence-corrected chi connectivity index (χ2v) is 6.61. The Bertz CT molecular complexity index is 880. The molecule has 0 bridgehead atoms. The molecule has 3 N–H and O–H groups in total. The maximum atomic E-state index is 12.9. The zero-order valence-corrected chi connectivity index (χ0v) is 16.4. The standard InChI is InChI=1S/C21H25F2N3O2/c1-13-10-18(8-9-19(13)28-20(22)23)21(14(2)27,26-15(3)24)17-7-5-6-16(11-17)12-25-4/h5-11,20,25H,12H2,1-4H3,(H2,24,26). The van der Waals surface area contributed by atoms with Gasteiger partial charge in [0.2, 0.25) is 0 Å². The van der Waals surface area contributed by atoms with Crippen molar-refractivity contribution >= 4 is 11.6 Å². The van der Waals surface area contributed by atoms with Gasteiger partial charge in [0.05, 0.1) is 5.84 Å². The second kappa shape index (κ2) is 8.93. The number of nitrogens with one attached hydrogen (secondary N) is 1. The Balaban J connectivity index is 2.73. The Morgan fingerprint density at radius 2 is 1.89 bits per heavy atom. The molecule has 0 aliphatic rings. The third-order valence-electron chi connectivity index (χ3n) is 4.39. The third kappa shape index (κ3) is 4.54. The van der Waals surface area contributed by atoms with Gasteiger partial charge in [0, 0.05) is 6.54 Å². The molecule has 0 aliphatic carbocycles. The average molecular weight is 389 g/mol. The van der Waals surface area contributed by atoms with Gasteiger partial charge in [-0.05, 0) is 62.2 Å². The van der Waals surface area contributed by atoms with Crippen LogP contribution >= 0.6 is 0 Å². The number of benzene rings is 2. The average Bonchev–Trinajstić information content (AvgIpc) is 2.61. The van der Waals surface area contributed by atoms with Crippen molar-refractivity contribution in [1.82, 2.24) is 5.32 Å². The van der Waals surface area contributed by atoms with Crippen molar-refractivity contribution in [3.8, 4) is 5.75 Å². The zero-order chi connectivity index (χ0) is 20.9. The van der Waals surface area contributed by atoms with Gasteiger partial charge >= 0.3 is 6.61 Å². The lowest BCUT2D eigenvalue weighted by molar-refractivity contribution is -0.120. The van der Waals surface area contributed by atoms with Crippen molar-refractivity contribution in [1.29, 1.82) is 0 Å². The van der Waals surface area contributed by atoms with Crippen LogP contribution in [-0.4, -0.2) is 25.3 Å². The van der Waals surface area contributed by atoms with E-state index in [2.05, 4.69) is 15.0 Å². The number of nitrogens with zero attached hydrogens (tertiary/aromatic N) is 1. The van der Waals surface area contributed by atoms with Crippen molar-refractivity contribution in [3.05, 3.63) is 64.7 Å². The van der Waals surface area contributed by atoms with E-state index in [0.29, 0.717) is 23.2 Å². The number of carbonyl (C=O) groups excluding carboxylic acids is 1. The fourth-order valence-corrected chi connectivity index (χ4v) is 3.26. The number of Topliss-reactive ketones (excluding diaryl/α,β-unsaturated/α-hetero) is 1. The highest BCUT2D eigenvalue weighted by Gasteiger charge is 2.40. The maximum absolute atomic E-state index is 12.9. The summed E-state index contributed by atoms with van der Waals surface area (Å²) in [6.45, 7) is 2.38. The molecule has 0 saturated heterocycles. The third-order valence-corrected chi connectivity index (χ3v) is 4.39. The summed E-state index contributed by atoms with van der Waals surface area (Å²) in [5.41, 5.74) is 7.14. The number of hydrogen-bond donors (Lipinski definition) is 2. The van der Waals surface area contributed by atoms with Crippen LogP contribution in [0.3, 0.4) is 0 Å². The predicted octanol–water partition coefficient (Wildman–Crippen LogP) is 3.53. The Kier molecular flexibility index (Phi) is 6.85. The fourth-order valence-electron chi connectivity index (χ4n) is 3.26. The summed E-state index contributed by atoms with van der Waals surface area (Å²) in [6.07, 6.45) is 0. The lowest BCUT2D eigenvalue weighted by Crippen LogP contribution is -2.36. The Labute approximate surface area is 163 Å². The molecule has 1 atom stereocenters. The molecule has 150 valence electrons. The lowest BCUT2D eigenvalue weighted by atomic mass is 9.79. The lowest BCUT2D eigenvalue weighted by Gasteiger charge is -2.30. The van der Waals surface area contributed by atoms with Crippen LogP contribution in [0.25, 0.3) is 0 Å². The van der Waals surface area contributed by atoms with Crippen LogP contribution in [0.15, 0.2) is 47.5 Å². The quantitative estimate of drug-likeness (QED) is 0.535. The number of hydrogen-bond acceptors (Lipinski definition) is 4. The largest absolute Gasteiger partial charge is 0.435 e. The summed E-state index contributed by atoms with van der Waals surface area (Å²) in [4.78, 5) is 17.4. The molecule has 2 aromatic rings.